The van der Waals surface area contributed by atoms with Crippen LogP contribution in [0.15, 0.2) is 12.4 Å². The van der Waals surface area contributed by atoms with Crippen molar-refractivity contribution in [3.05, 3.63) is 12.4 Å². The van der Waals surface area contributed by atoms with Crippen molar-refractivity contribution in [1.29, 1.82) is 0 Å². The smallest absolute Gasteiger partial charge is 0.338 e. The van der Waals surface area contributed by atoms with Gasteiger partial charge in [0.1, 0.15) is 0 Å². The quantitative estimate of drug-likeness (QED) is 0.607. The molecule has 0 aliphatic carbocycles. The first-order chi connectivity index (χ1) is 7.78. The van der Waals surface area contributed by atoms with E-state index < -0.39 is 21.6 Å². The molecular weight excluding hydrogens is 261 g/mol. The highest BCUT2D eigenvalue weighted by atomic mass is 32.2. The molecule has 1 heterocycles. The second-order valence-corrected chi connectivity index (χ2v) is 4.78. The summed E-state index contributed by atoms with van der Waals surface area (Å²) in [6.45, 7) is 2.24. The summed E-state index contributed by atoms with van der Waals surface area (Å²) in [6.07, 6.45) is 4.02. The molecule has 0 saturated heterocycles. The van der Waals surface area contributed by atoms with E-state index in [0.717, 1.165) is 6.42 Å². The molecule has 0 atom stereocenters. The van der Waals surface area contributed by atoms with E-state index in [0.29, 0.717) is 13.0 Å². The van der Waals surface area contributed by atoms with Gasteiger partial charge in [0.05, 0.1) is 0 Å². The van der Waals surface area contributed by atoms with Gasteiger partial charge in [-0.1, -0.05) is 13.3 Å². The van der Waals surface area contributed by atoms with Crippen LogP contribution in [0.3, 0.4) is 0 Å². The van der Waals surface area contributed by atoms with Crippen LogP contribution in [0.25, 0.3) is 0 Å². The number of aromatic nitrogens is 2. The van der Waals surface area contributed by atoms with Gasteiger partial charge in [0, 0.05) is 18.9 Å². The minimum Gasteiger partial charge on any atom is -0.338 e. The number of aryl methyl sites for hydroxylation is 1. The highest BCUT2D eigenvalue weighted by molar-refractivity contribution is 7.87. The Morgan fingerprint density at radius 2 is 2.12 bits per heavy atom. The van der Waals surface area contributed by atoms with Crippen LogP contribution in [0.4, 0.5) is 13.2 Å². The molecule has 17 heavy (non-hydrogen) atoms. The molecule has 98 valence electrons. The predicted molar refractivity (Wildman–Crippen MR) is 52.7 cm³/mol. The summed E-state index contributed by atoms with van der Waals surface area (Å²) < 4.78 is 62.8. The average molecular weight is 272 g/mol. The molecule has 0 radical (unpaired) electrons. The van der Waals surface area contributed by atoms with Crippen molar-refractivity contribution in [2.75, 3.05) is 0 Å². The molecule has 0 aliphatic heterocycles. The lowest BCUT2D eigenvalue weighted by atomic mass is 10.3. The van der Waals surface area contributed by atoms with Crippen molar-refractivity contribution < 1.29 is 25.8 Å². The monoisotopic (exact) mass is 272 g/mol. The van der Waals surface area contributed by atoms with Crippen molar-refractivity contribution in [2.45, 2.75) is 31.8 Å². The van der Waals surface area contributed by atoms with Crippen molar-refractivity contribution in [1.82, 2.24) is 9.55 Å². The van der Waals surface area contributed by atoms with Gasteiger partial charge in [0.25, 0.3) is 0 Å². The Kier molecular flexibility index (Phi) is 4.02. The van der Waals surface area contributed by atoms with Gasteiger partial charge in [-0.3, -0.25) is 0 Å². The number of nitrogens with zero attached hydrogens (tertiary/aromatic N) is 2. The molecule has 1 aromatic rings. The van der Waals surface area contributed by atoms with E-state index in [1.165, 1.54) is 17.0 Å². The molecule has 0 aliphatic rings. The van der Waals surface area contributed by atoms with E-state index in [2.05, 4.69) is 9.17 Å². The minimum atomic E-state index is -5.65. The van der Waals surface area contributed by atoms with Gasteiger partial charge in [-0.2, -0.15) is 21.6 Å². The number of alkyl halides is 3. The Balaban J connectivity index is 2.86. The fourth-order valence-corrected chi connectivity index (χ4v) is 1.46. The Morgan fingerprint density at radius 3 is 2.65 bits per heavy atom. The maximum absolute atomic E-state index is 12.1. The van der Waals surface area contributed by atoms with E-state index in [4.69, 9.17) is 0 Å². The van der Waals surface area contributed by atoms with Gasteiger partial charge in [-0.15, -0.1) is 0 Å². The zero-order valence-corrected chi connectivity index (χ0v) is 9.75. The fraction of sp³-hybridized carbons (Fsp3) is 0.625. The number of imidazole rings is 1. The summed E-state index contributed by atoms with van der Waals surface area (Å²) >= 11 is 0. The first-order valence-corrected chi connectivity index (χ1v) is 6.20. The number of hydrogen-bond acceptors (Lipinski definition) is 4. The van der Waals surface area contributed by atoms with Crippen molar-refractivity contribution in [3.8, 4) is 6.01 Å². The Morgan fingerprint density at radius 1 is 1.47 bits per heavy atom. The highest BCUT2D eigenvalue weighted by Gasteiger charge is 2.49. The molecule has 0 amide bonds. The summed E-state index contributed by atoms with van der Waals surface area (Å²) in [5.74, 6) is 0. The maximum atomic E-state index is 12.1. The van der Waals surface area contributed by atoms with Gasteiger partial charge in [0.15, 0.2) is 0 Å². The molecule has 9 heteroatoms. The van der Waals surface area contributed by atoms with E-state index in [9.17, 15) is 21.6 Å². The van der Waals surface area contributed by atoms with Crippen LogP contribution in [-0.2, 0) is 16.7 Å². The second kappa shape index (κ2) is 4.94. The van der Waals surface area contributed by atoms with Crippen LogP contribution in [0.5, 0.6) is 6.01 Å². The third-order valence-corrected chi connectivity index (χ3v) is 2.83. The summed E-state index contributed by atoms with van der Waals surface area (Å²) in [6, 6.07) is -0.573. The average Bonchev–Trinajstić information content (AvgIpc) is 2.60. The molecule has 1 aromatic heterocycles. The first-order valence-electron chi connectivity index (χ1n) is 4.80. The molecule has 0 N–H and O–H groups in total. The summed E-state index contributed by atoms with van der Waals surface area (Å²) in [5.41, 5.74) is -5.45. The molecule has 0 saturated carbocycles. The summed E-state index contributed by atoms with van der Waals surface area (Å²) in [7, 11) is -5.65. The van der Waals surface area contributed by atoms with Crippen LogP contribution >= 0.6 is 0 Å². The van der Waals surface area contributed by atoms with Crippen LogP contribution in [0, 0.1) is 0 Å². The van der Waals surface area contributed by atoms with E-state index in [-0.39, 0.29) is 0 Å². The Labute approximate surface area is 96.3 Å². The summed E-state index contributed by atoms with van der Waals surface area (Å²) in [5, 5.41) is 0. The van der Waals surface area contributed by atoms with Crippen molar-refractivity contribution in [2.24, 2.45) is 0 Å². The zero-order chi connectivity index (χ0) is 13.1. The van der Waals surface area contributed by atoms with Crippen LogP contribution in [-0.4, -0.2) is 23.5 Å². The van der Waals surface area contributed by atoms with Crippen LogP contribution < -0.4 is 4.18 Å². The van der Waals surface area contributed by atoms with Gasteiger partial charge < -0.3 is 8.75 Å². The molecule has 1 rings (SSSR count). The summed E-state index contributed by atoms with van der Waals surface area (Å²) in [4.78, 5) is 3.43. The normalized spacial score (nSPS) is 12.7. The molecular formula is C8H11F3N2O3S. The van der Waals surface area contributed by atoms with Crippen molar-refractivity contribution >= 4 is 10.1 Å². The topological polar surface area (TPSA) is 61.2 Å². The van der Waals surface area contributed by atoms with Crippen molar-refractivity contribution in [3.63, 3.8) is 0 Å². The number of rotatable bonds is 5. The lowest BCUT2D eigenvalue weighted by Crippen LogP contribution is -2.29. The standard InChI is InChI=1S/C8H11F3N2O3S/c1-2-3-5-13-6-4-12-7(13)16-17(14,15)8(9,10)11/h4,6H,2-3,5H2,1H3. The predicted octanol–water partition coefficient (Wildman–Crippen LogP) is 1.91. The molecule has 0 spiro atoms. The molecule has 0 fully saturated rings. The molecule has 5 nitrogen and oxygen atoms in total. The largest absolute Gasteiger partial charge is 0.534 e. The van der Waals surface area contributed by atoms with Gasteiger partial charge in [-0.25, -0.2) is 4.98 Å². The van der Waals surface area contributed by atoms with E-state index in [1.807, 2.05) is 6.92 Å². The lowest BCUT2D eigenvalue weighted by molar-refractivity contribution is -0.0503. The fourth-order valence-electron chi connectivity index (χ4n) is 1.03. The molecule has 0 aromatic carbocycles. The third-order valence-electron chi connectivity index (χ3n) is 1.90. The first kappa shape index (κ1) is 13.8. The van der Waals surface area contributed by atoms with Gasteiger partial charge in [-0.05, 0) is 6.42 Å². The molecule has 0 bridgehead atoms. The number of halogens is 3. The Bertz CT molecular complexity index is 467. The number of hydrogen-bond donors (Lipinski definition) is 0. The second-order valence-electron chi connectivity index (χ2n) is 3.24. The van der Waals surface area contributed by atoms with Gasteiger partial charge in [0.2, 0.25) is 0 Å². The van der Waals surface area contributed by atoms with Gasteiger partial charge >= 0.3 is 21.6 Å². The van der Waals surface area contributed by atoms with E-state index in [1.54, 1.807) is 0 Å². The number of unbranched alkanes of at least 4 members (excludes halogenated alkanes) is 1. The Hall–Kier alpha value is -1.25. The zero-order valence-electron chi connectivity index (χ0n) is 8.94. The van der Waals surface area contributed by atoms with E-state index >= 15 is 0 Å². The SMILES string of the molecule is CCCCn1ccnc1OS(=O)(=O)C(F)(F)F. The third kappa shape index (κ3) is 3.35. The lowest BCUT2D eigenvalue weighted by Gasteiger charge is -2.10. The highest BCUT2D eigenvalue weighted by Crippen LogP contribution is 2.26. The van der Waals surface area contributed by atoms with Crippen LogP contribution in [0.1, 0.15) is 19.8 Å². The molecule has 0 unspecified atom stereocenters. The van der Waals surface area contributed by atoms with Crippen LogP contribution in [0.2, 0.25) is 0 Å². The maximum Gasteiger partial charge on any atom is 0.534 e. The minimum absolute atomic E-state index is 0.346.